The van der Waals surface area contributed by atoms with Gasteiger partial charge in [-0.2, -0.15) is 0 Å². The molecule has 2 saturated heterocycles. The summed E-state index contributed by atoms with van der Waals surface area (Å²) in [5, 5.41) is 36.0. The van der Waals surface area contributed by atoms with Crippen LogP contribution in [-0.2, 0) is 30.3 Å². The fourth-order valence-corrected chi connectivity index (χ4v) is 8.92. The molecule has 2 aliphatic heterocycles. The van der Waals surface area contributed by atoms with Crippen molar-refractivity contribution in [3.05, 3.63) is 48.0 Å². The Labute approximate surface area is 295 Å². The average Bonchev–Trinajstić information content (AvgIpc) is 2.99. The molecule has 48 heavy (non-hydrogen) atoms. The molecular weight excluding hydrogens is 663 g/mol. The van der Waals surface area contributed by atoms with Crippen LogP contribution in [0.2, 0.25) is 0 Å². The van der Waals surface area contributed by atoms with Gasteiger partial charge in [0.25, 0.3) is 0 Å². The van der Waals surface area contributed by atoms with Crippen LogP contribution in [0.4, 0.5) is 0 Å². The fraction of sp³-hybridized carbons (Fsp3) is 0.686. The van der Waals surface area contributed by atoms with Crippen molar-refractivity contribution < 1.29 is 43.9 Å². The summed E-state index contributed by atoms with van der Waals surface area (Å²) in [6.45, 7) is 16.0. The van der Waals surface area contributed by atoms with E-state index in [1.165, 1.54) is 13.0 Å². The third-order valence-electron chi connectivity index (χ3n) is 11.5. The number of esters is 2. The summed E-state index contributed by atoms with van der Waals surface area (Å²) in [6, 6.07) is 7.07. The van der Waals surface area contributed by atoms with Crippen molar-refractivity contribution in [3.63, 3.8) is 0 Å². The Morgan fingerprint density at radius 2 is 1.73 bits per heavy atom. The van der Waals surface area contributed by atoms with Crippen molar-refractivity contribution in [2.75, 3.05) is 39.8 Å². The Bertz CT molecular complexity index is 1390. The van der Waals surface area contributed by atoms with Gasteiger partial charge in [-0.05, 0) is 56.8 Å². The molecule has 3 N–H and O–H groups in total. The lowest BCUT2D eigenvalue weighted by Crippen LogP contribution is -2.86. The third-order valence-corrected chi connectivity index (χ3v) is 11.5. The van der Waals surface area contributed by atoms with Crippen LogP contribution in [0, 0.1) is 16.7 Å². The van der Waals surface area contributed by atoms with Gasteiger partial charge >= 0.3 is 11.9 Å². The van der Waals surface area contributed by atoms with Gasteiger partial charge in [0.05, 0.1) is 23.4 Å². The standard InChI is InChI=1S/C35H50N2O9.2ClH/c1-8-32(4)19-25(39)35(43)33(5)24(38)12-13-31(2,3)28(33)27(41)29(34(35,6)46-32)45-26(40)21-44-30(42)23-11-9-10-22(18-23)20-37-16-14-36(7)15-17-37;;/h8-11,18,24,27-29,38,41,43H,1,12-17,19-21H2,2-7H3;2*1H/t24-,27-,28-,29-,32-,33-,34+,35-;;/m0../s1. The molecule has 2 heterocycles. The first-order chi connectivity index (χ1) is 21.4. The van der Waals surface area contributed by atoms with Crippen molar-refractivity contribution in [3.8, 4) is 0 Å². The molecule has 0 aromatic heterocycles. The first-order valence-electron chi connectivity index (χ1n) is 16.2. The number of likely N-dealkylation sites (N-methyl/N-ethyl adjacent to an activating group) is 1. The second-order valence-corrected chi connectivity index (χ2v) is 15.1. The molecule has 1 aromatic rings. The Morgan fingerprint density at radius 3 is 2.35 bits per heavy atom. The van der Waals surface area contributed by atoms with Crippen LogP contribution < -0.4 is 0 Å². The highest BCUT2D eigenvalue weighted by molar-refractivity contribution is 5.93. The molecule has 0 bridgehead atoms. The first kappa shape index (κ1) is 40.3. The van der Waals surface area contributed by atoms with E-state index in [0.717, 1.165) is 31.7 Å². The molecule has 2 aliphatic carbocycles. The van der Waals surface area contributed by atoms with Crippen molar-refractivity contribution in [2.24, 2.45) is 16.7 Å². The van der Waals surface area contributed by atoms with E-state index in [4.69, 9.17) is 14.2 Å². The molecule has 0 unspecified atom stereocenters. The molecule has 8 atom stereocenters. The Balaban J connectivity index is 0.00000312. The molecule has 0 spiro atoms. The maximum Gasteiger partial charge on any atom is 0.344 e. The van der Waals surface area contributed by atoms with Gasteiger partial charge in [0.2, 0.25) is 0 Å². The average molecular weight is 716 g/mol. The summed E-state index contributed by atoms with van der Waals surface area (Å²) in [4.78, 5) is 45.0. The molecule has 11 nitrogen and oxygen atoms in total. The van der Waals surface area contributed by atoms with Crippen molar-refractivity contribution >= 4 is 42.5 Å². The number of ketones is 1. The second kappa shape index (κ2) is 14.3. The Morgan fingerprint density at radius 1 is 1.08 bits per heavy atom. The monoisotopic (exact) mass is 714 g/mol. The summed E-state index contributed by atoms with van der Waals surface area (Å²) >= 11 is 0. The maximum atomic E-state index is 14.0. The van der Waals surface area contributed by atoms with Gasteiger partial charge in [0, 0.05) is 50.5 Å². The normalized spacial score (nSPS) is 37.9. The number of nitrogens with zero attached hydrogens (tertiary/aromatic N) is 2. The van der Waals surface area contributed by atoms with Crippen molar-refractivity contribution in [2.45, 2.75) is 95.5 Å². The number of hydrogen-bond donors (Lipinski definition) is 3. The number of fused-ring (bicyclic) bond motifs is 3. The zero-order valence-corrected chi connectivity index (χ0v) is 30.4. The highest BCUT2D eigenvalue weighted by Crippen LogP contribution is 2.67. The topological polar surface area (TPSA) is 146 Å². The van der Waals surface area contributed by atoms with Gasteiger partial charge in [-0.1, -0.05) is 39.0 Å². The molecule has 2 saturated carbocycles. The van der Waals surface area contributed by atoms with E-state index in [9.17, 15) is 29.7 Å². The van der Waals surface area contributed by atoms with Gasteiger partial charge in [0.15, 0.2) is 24.1 Å². The molecular formula is C35H52Cl2N2O9. The van der Waals surface area contributed by atoms with Crippen molar-refractivity contribution in [1.82, 2.24) is 9.80 Å². The van der Waals surface area contributed by atoms with Gasteiger partial charge in [-0.3, -0.25) is 9.69 Å². The number of halogens is 2. The lowest BCUT2D eigenvalue weighted by Gasteiger charge is -2.71. The molecule has 0 amide bonds. The van der Waals surface area contributed by atoms with E-state index in [1.54, 1.807) is 32.0 Å². The fourth-order valence-electron chi connectivity index (χ4n) is 8.92. The van der Waals surface area contributed by atoms with Crippen LogP contribution >= 0.6 is 24.8 Å². The predicted octanol–water partition coefficient (Wildman–Crippen LogP) is 2.95. The summed E-state index contributed by atoms with van der Waals surface area (Å²) in [5.74, 6) is -3.14. The number of rotatable bonds is 7. The molecule has 0 radical (unpaired) electrons. The number of carbonyl (C=O) groups is 3. The van der Waals surface area contributed by atoms with Gasteiger partial charge in [-0.15, -0.1) is 31.4 Å². The lowest BCUT2D eigenvalue weighted by molar-refractivity contribution is -0.370. The van der Waals surface area contributed by atoms with E-state index in [1.807, 2.05) is 19.9 Å². The number of ether oxygens (including phenoxy) is 3. The summed E-state index contributed by atoms with van der Waals surface area (Å²) < 4.78 is 17.6. The highest BCUT2D eigenvalue weighted by Gasteiger charge is 2.81. The number of carbonyl (C=O) groups excluding carboxylic acids is 3. The molecule has 4 fully saturated rings. The number of benzene rings is 1. The number of hydrogen-bond acceptors (Lipinski definition) is 11. The maximum absolute atomic E-state index is 14.0. The molecule has 1 aromatic carbocycles. The summed E-state index contributed by atoms with van der Waals surface area (Å²) in [7, 11) is 2.09. The van der Waals surface area contributed by atoms with Crippen LogP contribution in [0.3, 0.4) is 0 Å². The van der Waals surface area contributed by atoms with E-state index in [2.05, 4.69) is 23.4 Å². The molecule has 270 valence electrons. The van der Waals surface area contributed by atoms with Crippen LogP contribution in [-0.4, -0.2) is 118 Å². The largest absolute Gasteiger partial charge is 0.454 e. The molecule has 13 heteroatoms. The summed E-state index contributed by atoms with van der Waals surface area (Å²) in [6.07, 6.45) is -2.10. The Hall–Kier alpha value is -2.09. The number of Topliss-reactive ketones (excluding diaryl/α,β-unsaturated/α-hetero) is 1. The minimum absolute atomic E-state index is 0. The molecule has 5 rings (SSSR count). The van der Waals surface area contributed by atoms with E-state index in [0.29, 0.717) is 19.4 Å². The summed E-state index contributed by atoms with van der Waals surface area (Å²) in [5.41, 5.74) is -6.53. The second-order valence-electron chi connectivity index (χ2n) is 15.1. The number of piperazine rings is 1. The SMILES string of the molecule is C=C[C@@]1(C)CC(=O)[C@]2(O)[C@@]3(C)[C@@H](O)CCC(C)(C)[C@@H]3[C@H](O)[C@H](OC(=O)COC(=O)c3cccc(CN4CCN(C)CC4)c3)[C@@]2(C)O1.Cl.Cl. The first-order valence-corrected chi connectivity index (χ1v) is 16.2. The van der Waals surface area contributed by atoms with E-state index < -0.39 is 76.2 Å². The van der Waals surface area contributed by atoms with Gasteiger partial charge < -0.3 is 34.4 Å². The number of aliphatic hydroxyl groups excluding tert-OH is 2. The van der Waals surface area contributed by atoms with Crippen LogP contribution in [0.1, 0.15) is 69.8 Å². The Kier molecular flexibility index (Phi) is 12.0. The van der Waals surface area contributed by atoms with Gasteiger partial charge in [0.1, 0.15) is 5.60 Å². The molecule has 4 aliphatic rings. The third kappa shape index (κ3) is 6.57. The number of aliphatic hydroxyl groups is 3. The highest BCUT2D eigenvalue weighted by atomic mass is 35.5. The van der Waals surface area contributed by atoms with E-state index in [-0.39, 0.29) is 36.8 Å². The zero-order chi connectivity index (χ0) is 33.9. The van der Waals surface area contributed by atoms with Crippen molar-refractivity contribution in [1.29, 1.82) is 0 Å². The minimum Gasteiger partial charge on any atom is -0.454 e. The van der Waals surface area contributed by atoms with Crippen LogP contribution in [0.15, 0.2) is 36.9 Å². The van der Waals surface area contributed by atoms with E-state index >= 15 is 0 Å². The smallest absolute Gasteiger partial charge is 0.344 e. The predicted molar refractivity (Wildman–Crippen MR) is 183 cm³/mol. The minimum atomic E-state index is -2.34. The van der Waals surface area contributed by atoms with Crippen LogP contribution in [0.5, 0.6) is 0 Å². The van der Waals surface area contributed by atoms with Crippen LogP contribution in [0.25, 0.3) is 0 Å². The lowest BCUT2D eigenvalue weighted by atomic mass is 9.40. The van der Waals surface area contributed by atoms with Gasteiger partial charge in [-0.25, -0.2) is 9.59 Å². The quantitative estimate of drug-likeness (QED) is 0.283. The zero-order valence-electron chi connectivity index (χ0n) is 28.8.